The van der Waals surface area contributed by atoms with Crippen molar-refractivity contribution < 1.29 is 22.7 Å². The Kier molecular flexibility index (Phi) is 4.16. The maximum atomic E-state index is 13.5. The van der Waals surface area contributed by atoms with Crippen LogP contribution in [-0.4, -0.2) is 17.5 Å². The van der Waals surface area contributed by atoms with Crippen LogP contribution in [0.15, 0.2) is 36.4 Å². The molecule has 0 saturated heterocycles. The molecule has 1 N–H and O–H groups in total. The maximum absolute atomic E-state index is 13.5. The van der Waals surface area contributed by atoms with Gasteiger partial charge in [-0.2, -0.15) is 0 Å². The van der Waals surface area contributed by atoms with Gasteiger partial charge in [-0.15, -0.1) is 0 Å². The first kappa shape index (κ1) is 15.3. The Morgan fingerprint density at radius 2 is 1.87 bits per heavy atom. The Balaban J connectivity index is 1.65. The number of aromatic nitrogens is 1. The Morgan fingerprint density at radius 3 is 2.61 bits per heavy atom. The van der Waals surface area contributed by atoms with Crippen molar-refractivity contribution in [2.45, 2.75) is 0 Å². The molecule has 118 valence electrons. The van der Waals surface area contributed by atoms with Crippen molar-refractivity contribution in [1.82, 2.24) is 4.98 Å². The van der Waals surface area contributed by atoms with Crippen molar-refractivity contribution in [3.05, 3.63) is 53.8 Å². The van der Waals surface area contributed by atoms with Crippen LogP contribution in [0.4, 0.5) is 18.3 Å². The molecule has 1 amide bonds. The van der Waals surface area contributed by atoms with Crippen molar-refractivity contribution in [2.24, 2.45) is 0 Å². The highest BCUT2D eigenvalue weighted by atomic mass is 32.1. The second-order valence-corrected chi connectivity index (χ2v) is 5.57. The third-order valence-corrected chi connectivity index (χ3v) is 3.76. The van der Waals surface area contributed by atoms with E-state index in [2.05, 4.69) is 10.3 Å². The number of carbonyl (C=O) groups excluding carboxylic acids is 1. The summed E-state index contributed by atoms with van der Waals surface area (Å²) in [4.78, 5) is 15.7. The summed E-state index contributed by atoms with van der Waals surface area (Å²) in [6.07, 6.45) is 0. The summed E-state index contributed by atoms with van der Waals surface area (Å²) in [6.45, 7) is -0.321. The van der Waals surface area contributed by atoms with Gasteiger partial charge in [-0.3, -0.25) is 10.1 Å². The van der Waals surface area contributed by atoms with Gasteiger partial charge >= 0.3 is 0 Å². The van der Waals surface area contributed by atoms with Gasteiger partial charge in [0, 0.05) is 6.07 Å². The van der Waals surface area contributed by atoms with E-state index in [4.69, 9.17) is 4.74 Å². The molecule has 0 unspecified atom stereocenters. The lowest BCUT2D eigenvalue weighted by atomic mass is 10.3. The molecule has 0 bridgehead atoms. The molecule has 0 aliphatic heterocycles. The Labute approximate surface area is 132 Å². The summed E-state index contributed by atoms with van der Waals surface area (Å²) in [6, 6.07) is 7.05. The Hall–Kier alpha value is -2.61. The number of benzene rings is 2. The van der Waals surface area contributed by atoms with Gasteiger partial charge in [0.2, 0.25) is 0 Å². The average molecular weight is 338 g/mol. The number of nitrogens with one attached hydrogen (secondary N) is 1. The highest BCUT2D eigenvalue weighted by Crippen LogP contribution is 2.28. The van der Waals surface area contributed by atoms with Crippen molar-refractivity contribution >= 4 is 32.6 Å². The number of thiazole rings is 1. The SMILES string of the molecule is O=C(COc1ccc(F)cc1)Nc1nc2c(F)cc(F)cc2s1. The van der Waals surface area contributed by atoms with E-state index in [0.29, 0.717) is 5.75 Å². The van der Waals surface area contributed by atoms with Crippen LogP contribution in [-0.2, 0) is 4.79 Å². The number of hydrogen-bond donors (Lipinski definition) is 1. The summed E-state index contributed by atoms with van der Waals surface area (Å²) < 4.78 is 44.8. The van der Waals surface area contributed by atoms with Crippen LogP contribution >= 0.6 is 11.3 Å². The van der Waals surface area contributed by atoms with Gasteiger partial charge in [0.15, 0.2) is 17.6 Å². The molecule has 0 spiro atoms. The number of fused-ring (bicyclic) bond motifs is 1. The second-order valence-electron chi connectivity index (χ2n) is 4.54. The highest BCUT2D eigenvalue weighted by Gasteiger charge is 2.12. The molecule has 3 aromatic rings. The number of anilines is 1. The van der Waals surface area contributed by atoms with Crippen LogP contribution in [0.3, 0.4) is 0 Å². The van der Waals surface area contributed by atoms with Crippen LogP contribution in [0.5, 0.6) is 5.75 Å². The smallest absolute Gasteiger partial charge is 0.264 e. The van der Waals surface area contributed by atoms with E-state index in [1.165, 1.54) is 24.3 Å². The molecule has 0 atom stereocenters. The fraction of sp³-hybridized carbons (Fsp3) is 0.0667. The van der Waals surface area contributed by atoms with E-state index in [9.17, 15) is 18.0 Å². The van der Waals surface area contributed by atoms with E-state index in [1.54, 1.807) is 0 Å². The molecule has 8 heteroatoms. The number of amides is 1. The number of nitrogens with zero attached hydrogens (tertiary/aromatic N) is 1. The molecule has 4 nitrogen and oxygen atoms in total. The van der Waals surface area contributed by atoms with Gasteiger partial charge < -0.3 is 4.74 Å². The minimum absolute atomic E-state index is 0.00819. The molecular weight excluding hydrogens is 329 g/mol. The third-order valence-electron chi connectivity index (χ3n) is 2.84. The summed E-state index contributed by atoms with van der Waals surface area (Å²) in [5, 5.41) is 2.58. The van der Waals surface area contributed by atoms with E-state index < -0.39 is 23.4 Å². The van der Waals surface area contributed by atoms with E-state index in [1.807, 2.05) is 0 Å². The Morgan fingerprint density at radius 1 is 1.13 bits per heavy atom. The number of ether oxygens (including phenoxy) is 1. The lowest BCUT2D eigenvalue weighted by Crippen LogP contribution is -2.20. The minimum Gasteiger partial charge on any atom is -0.484 e. The first-order valence-electron chi connectivity index (χ1n) is 6.45. The van der Waals surface area contributed by atoms with Gasteiger partial charge in [0.25, 0.3) is 5.91 Å². The van der Waals surface area contributed by atoms with Crippen molar-refractivity contribution in [1.29, 1.82) is 0 Å². The molecule has 0 aliphatic rings. The van der Waals surface area contributed by atoms with Crippen LogP contribution in [0.1, 0.15) is 0 Å². The predicted octanol–water partition coefficient (Wildman–Crippen LogP) is 3.73. The van der Waals surface area contributed by atoms with Gasteiger partial charge in [-0.25, -0.2) is 18.2 Å². The van der Waals surface area contributed by atoms with E-state index in [0.717, 1.165) is 23.5 Å². The molecule has 3 rings (SSSR count). The molecule has 23 heavy (non-hydrogen) atoms. The maximum Gasteiger partial charge on any atom is 0.264 e. The topological polar surface area (TPSA) is 51.2 Å². The zero-order valence-electron chi connectivity index (χ0n) is 11.5. The van der Waals surface area contributed by atoms with E-state index in [-0.39, 0.29) is 22.0 Å². The van der Waals surface area contributed by atoms with Crippen LogP contribution in [0.25, 0.3) is 10.2 Å². The van der Waals surface area contributed by atoms with Gasteiger partial charge in [-0.05, 0) is 30.3 Å². The molecule has 0 aliphatic carbocycles. The quantitative estimate of drug-likeness (QED) is 0.789. The van der Waals surface area contributed by atoms with Crippen molar-refractivity contribution in [3.8, 4) is 5.75 Å². The first-order chi connectivity index (χ1) is 11.0. The first-order valence-corrected chi connectivity index (χ1v) is 7.27. The van der Waals surface area contributed by atoms with Gasteiger partial charge in [-0.1, -0.05) is 11.3 Å². The third kappa shape index (κ3) is 3.59. The minimum atomic E-state index is -0.792. The number of carbonyl (C=O) groups is 1. The molecule has 0 radical (unpaired) electrons. The van der Waals surface area contributed by atoms with Crippen LogP contribution in [0, 0.1) is 17.5 Å². The lowest BCUT2D eigenvalue weighted by molar-refractivity contribution is -0.118. The summed E-state index contributed by atoms with van der Waals surface area (Å²) in [5.41, 5.74) is -0.00819. The predicted molar refractivity (Wildman–Crippen MR) is 80.1 cm³/mol. The molecule has 0 fully saturated rings. The summed E-state index contributed by atoms with van der Waals surface area (Å²) in [7, 11) is 0. The Bertz CT molecular complexity index is 865. The van der Waals surface area contributed by atoms with Crippen molar-refractivity contribution in [3.63, 3.8) is 0 Å². The van der Waals surface area contributed by atoms with Crippen LogP contribution < -0.4 is 10.1 Å². The fourth-order valence-electron chi connectivity index (χ4n) is 1.85. The zero-order valence-corrected chi connectivity index (χ0v) is 12.3. The second kappa shape index (κ2) is 6.25. The fourth-order valence-corrected chi connectivity index (χ4v) is 2.77. The monoisotopic (exact) mass is 338 g/mol. The normalized spacial score (nSPS) is 10.7. The highest BCUT2D eigenvalue weighted by molar-refractivity contribution is 7.22. The summed E-state index contributed by atoms with van der Waals surface area (Å²) >= 11 is 0.949. The number of halogens is 3. The van der Waals surface area contributed by atoms with Crippen molar-refractivity contribution in [2.75, 3.05) is 11.9 Å². The van der Waals surface area contributed by atoms with Crippen LogP contribution in [0.2, 0.25) is 0 Å². The largest absolute Gasteiger partial charge is 0.484 e. The van der Waals surface area contributed by atoms with Gasteiger partial charge in [0.05, 0.1) is 4.70 Å². The van der Waals surface area contributed by atoms with E-state index >= 15 is 0 Å². The number of hydrogen-bond acceptors (Lipinski definition) is 4. The summed E-state index contributed by atoms with van der Waals surface area (Å²) in [5.74, 6) is -2.10. The lowest BCUT2D eigenvalue weighted by Gasteiger charge is -2.05. The number of rotatable bonds is 4. The molecule has 0 saturated carbocycles. The average Bonchev–Trinajstić information content (AvgIpc) is 2.89. The standard InChI is InChI=1S/C15H9F3N2O2S/c16-8-1-3-10(4-2-8)22-7-13(21)19-15-20-14-11(18)5-9(17)6-12(14)23-15/h1-6H,7H2,(H,19,20,21). The van der Waals surface area contributed by atoms with Gasteiger partial charge in [0.1, 0.15) is 22.9 Å². The molecule has 2 aromatic carbocycles. The molecular formula is C15H9F3N2O2S. The molecule has 1 heterocycles. The zero-order chi connectivity index (χ0) is 16.4. The molecule has 1 aromatic heterocycles.